The Hall–Kier alpha value is -2.30. The van der Waals surface area contributed by atoms with Gasteiger partial charge in [0.2, 0.25) is 5.82 Å². The fourth-order valence-electron chi connectivity index (χ4n) is 1.86. The lowest BCUT2D eigenvalue weighted by atomic mass is 10.1. The molecule has 5 nitrogen and oxygen atoms in total. The van der Waals surface area contributed by atoms with Crippen LogP contribution in [-0.2, 0) is 0 Å². The summed E-state index contributed by atoms with van der Waals surface area (Å²) in [5.74, 6) is 0.999. The molecule has 0 aliphatic carbocycles. The molecule has 5 heteroatoms. The van der Waals surface area contributed by atoms with Crippen LogP contribution in [0.5, 0.6) is 0 Å². The van der Waals surface area contributed by atoms with Gasteiger partial charge in [0.1, 0.15) is 0 Å². The average Bonchev–Trinajstić information content (AvgIpc) is 2.63. The number of benzene rings is 1. The van der Waals surface area contributed by atoms with Gasteiger partial charge in [0.05, 0.1) is 16.4 Å². The van der Waals surface area contributed by atoms with E-state index >= 15 is 0 Å². The highest BCUT2D eigenvalue weighted by molar-refractivity contribution is 6.09. The van der Waals surface area contributed by atoms with Crippen molar-refractivity contribution in [2.24, 2.45) is 0 Å². The molecule has 2 heterocycles. The van der Waals surface area contributed by atoms with Crippen molar-refractivity contribution in [2.75, 3.05) is 11.5 Å². The standard InChI is InChI=1S/C10H9N5/c11-9-8-5-3-4-13-6(5)1-2-7(8)14-10(12)15-9/h1-4H,11H2,(H3,12,14,15)/p+1. The number of fused-ring (bicyclic) bond motifs is 3. The van der Waals surface area contributed by atoms with Gasteiger partial charge in [0.25, 0.3) is 0 Å². The second-order valence-corrected chi connectivity index (χ2v) is 3.44. The van der Waals surface area contributed by atoms with Crippen molar-refractivity contribution in [3.8, 4) is 0 Å². The number of hydrogen-bond acceptors (Lipinski definition) is 3. The van der Waals surface area contributed by atoms with E-state index in [4.69, 9.17) is 11.5 Å². The van der Waals surface area contributed by atoms with E-state index < -0.39 is 0 Å². The van der Waals surface area contributed by atoms with E-state index in [1.165, 1.54) is 0 Å². The molecule has 0 spiro atoms. The molecule has 3 rings (SSSR count). The third kappa shape index (κ3) is 1.03. The Morgan fingerprint density at radius 2 is 2.07 bits per heavy atom. The highest BCUT2D eigenvalue weighted by Crippen LogP contribution is 2.25. The molecule has 0 radical (unpaired) electrons. The summed E-state index contributed by atoms with van der Waals surface area (Å²) in [6, 6.07) is 5.80. The van der Waals surface area contributed by atoms with E-state index in [2.05, 4.69) is 15.0 Å². The highest BCUT2D eigenvalue weighted by Gasteiger charge is 2.10. The van der Waals surface area contributed by atoms with E-state index in [-0.39, 0.29) is 0 Å². The Labute approximate surface area is 85.1 Å². The lowest BCUT2D eigenvalue weighted by Crippen LogP contribution is -2.17. The minimum atomic E-state index is 0.443. The summed E-state index contributed by atoms with van der Waals surface area (Å²) in [6.07, 6.45) is 1.76. The van der Waals surface area contributed by atoms with E-state index in [1.54, 1.807) is 6.20 Å². The Kier molecular flexibility index (Phi) is 1.39. The molecular formula is C10H10N5+. The van der Waals surface area contributed by atoms with Crippen molar-refractivity contribution in [1.29, 1.82) is 0 Å². The number of aromatic amines is 2. The van der Waals surface area contributed by atoms with Crippen LogP contribution in [0, 0.1) is 0 Å². The zero-order chi connectivity index (χ0) is 10.4. The maximum absolute atomic E-state index is 5.90. The second kappa shape index (κ2) is 2.60. The number of hydrogen-bond donors (Lipinski definition) is 3. The Balaban J connectivity index is 2.62. The van der Waals surface area contributed by atoms with E-state index in [1.807, 2.05) is 18.2 Å². The van der Waals surface area contributed by atoms with Gasteiger partial charge >= 0.3 is 5.95 Å². The van der Waals surface area contributed by atoms with Crippen molar-refractivity contribution < 1.29 is 4.98 Å². The molecule has 74 valence electrons. The van der Waals surface area contributed by atoms with E-state index in [0.717, 1.165) is 21.8 Å². The summed E-state index contributed by atoms with van der Waals surface area (Å²) < 4.78 is 0. The number of nitrogen functional groups attached to an aromatic ring is 2. The lowest BCUT2D eigenvalue weighted by Gasteiger charge is -2.01. The molecular weight excluding hydrogens is 190 g/mol. The highest BCUT2D eigenvalue weighted by atomic mass is 15.0. The maximum atomic E-state index is 5.90. The van der Waals surface area contributed by atoms with Gasteiger partial charge in [-0.05, 0) is 18.2 Å². The van der Waals surface area contributed by atoms with Gasteiger partial charge in [-0.15, -0.1) is 0 Å². The SMILES string of the molecule is Nc1[nH]c2ccc3nccc3c2c(N)[nH+]1. The molecule has 0 saturated heterocycles. The Bertz CT molecular complexity index is 655. The van der Waals surface area contributed by atoms with Crippen LogP contribution in [0.25, 0.3) is 21.8 Å². The molecule has 3 aromatic rings. The average molecular weight is 200 g/mol. The van der Waals surface area contributed by atoms with Crippen LogP contribution >= 0.6 is 0 Å². The number of nitrogens with zero attached hydrogens (tertiary/aromatic N) is 1. The first-order valence-corrected chi connectivity index (χ1v) is 4.59. The van der Waals surface area contributed by atoms with Gasteiger partial charge in [-0.2, -0.15) is 0 Å². The molecule has 0 bridgehead atoms. The van der Waals surface area contributed by atoms with Gasteiger partial charge in [-0.3, -0.25) is 9.97 Å². The fraction of sp³-hybridized carbons (Fsp3) is 0. The molecule has 0 aliphatic rings. The first kappa shape index (κ1) is 8.05. The number of anilines is 2. The molecule has 0 amide bonds. The summed E-state index contributed by atoms with van der Waals surface area (Å²) in [5, 5.41) is 1.96. The molecule has 0 atom stereocenters. The number of H-pyrrole nitrogens is 2. The molecule has 15 heavy (non-hydrogen) atoms. The molecule has 2 aromatic heterocycles. The molecule has 1 aromatic carbocycles. The summed E-state index contributed by atoms with van der Waals surface area (Å²) in [6.45, 7) is 0. The van der Waals surface area contributed by atoms with Crippen LogP contribution in [0.3, 0.4) is 0 Å². The van der Waals surface area contributed by atoms with E-state index in [0.29, 0.717) is 11.8 Å². The topological polar surface area (TPSA) is 94.9 Å². The van der Waals surface area contributed by atoms with Crippen molar-refractivity contribution in [2.45, 2.75) is 0 Å². The fourth-order valence-corrected chi connectivity index (χ4v) is 1.86. The van der Waals surface area contributed by atoms with Crippen LogP contribution in [0.15, 0.2) is 24.4 Å². The minimum absolute atomic E-state index is 0.443. The smallest absolute Gasteiger partial charge is 0.309 e. The number of aromatic nitrogens is 3. The molecule has 0 fully saturated rings. The zero-order valence-electron chi connectivity index (χ0n) is 7.91. The van der Waals surface area contributed by atoms with Crippen molar-refractivity contribution >= 4 is 33.6 Å². The summed E-state index contributed by atoms with van der Waals surface area (Å²) in [7, 11) is 0. The first-order chi connectivity index (χ1) is 7.25. The molecule has 0 saturated carbocycles. The molecule has 0 unspecified atom stereocenters. The Morgan fingerprint density at radius 3 is 2.93 bits per heavy atom. The van der Waals surface area contributed by atoms with Gasteiger partial charge in [-0.1, -0.05) is 0 Å². The van der Waals surface area contributed by atoms with Crippen LogP contribution in [-0.4, -0.2) is 9.97 Å². The number of rotatable bonds is 0. The van der Waals surface area contributed by atoms with Crippen molar-refractivity contribution in [3.05, 3.63) is 24.4 Å². The number of nitrogens with two attached hydrogens (primary N) is 2. The van der Waals surface area contributed by atoms with Crippen molar-refractivity contribution in [1.82, 2.24) is 9.97 Å². The maximum Gasteiger partial charge on any atom is 0.309 e. The monoisotopic (exact) mass is 200 g/mol. The number of nitrogens with one attached hydrogen (secondary N) is 2. The summed E-state index contributed by atoms with van der Waals surface area (Å²) in [4.78, 5) is 10.1. The van der Waals surface area contributed by atoms with Gasteiger partial charge in [-0.25, -0.2) is 4.98 Å². The zero-order valence-corrected chi connectivity index (χ0v) is 7.91. The quantitative estimate of drug-likeness (QED) is 0.498. The van der Waals surface area contributed by atoms with E-state index in [9.17, 15) is 0 Å². The van der Waals surface area contributed by atoms with Crippen LogP contribution in [0.4, 0.5) is 11.8 Å². The molecule has 0 aliphatic heterocycles. The predicted octanol–water partition coefficient (Wildman–Crippen LogP) is 0.695. The predicted molar refractivity (Wildman–Crippen MR) is 59.0 cm³/mol. The van der Waals surface area contributed by atoms with Gasteiger partial charge in [0, 0.05) is 11.6 Å². The normalized spacial score (nSPS) is 11.2. The van der Waals surface area contributed by atoms with Gasteiger partial charge in [0.15, 0.2) is 0 Å². The largest absolute Gasteiger partial charge is 0.334 e. The Morgan fingerprint density at radius 1 is 1.20 bits per heavy atom. The van der Waals surface area contributed by atoms with Crippen LogP contribution in [0.2, 0.25) is 0 Å². The van der Waals surface area contributed by atoms with Crippen LogP contribution < -0.4 is 16.5 Å². The van der Waals surface area contributed by atoms with Gasteiger partial charge < -0.3 is 11.5 Å². The molecule has 6 N–H and O–H groups in total. The third-order valence-corrected chi connectivity index (χ3v) is 2.49. The van der Waals surface area contributed by atoms with Crippen LogP contribution in [0.1, 0.15) is 0 Å². The first-order valence-electron chi connectivity index (χ1n) is 4.59. The second-order valence-electron chi connectivity index (χ2n) is 3.44. The van der Waals surface area contributed by atoms with Crippen molar-refractivity contribution in [3.63, 3.8) is 0 Å². The third-order valence-electron chi connectivity index (χ3n) is 2.49. The summed E-state index contributed by atoms with van der Waals surface area (Å²) in [5.41, 5.74) is 13.4. The minimum Gasteiger partial charge on any atom is -0.334 e. The lowest BCUT2D eigenvalue weighted by molar-refractivity contribution is -0.344. The summed E-state index contributed by atoms with van der Waals surface area (Å²) >= 11 is 0.